The van der Waals surface area contributed by atoms with Crippen molar-refractivity contribution < 1.29 is 4.74 Å². The number of aromatic nitrogens is 2. The summed E-state index contributed by atoms with van der Waals surface area (Å²) in [7, 11) is 0. The highest BCUT2D eigenvalue weighted by molar-refractivity contribution is 7.19. The molecule has 3 aromatic rings. The highest BCUT2D eigenvalue weighted by Crippen LogP contribution is 2.40. The lowest BCUT2D eigenvalue weighted by atomic mass is 10.1. The van der Waals surface area contributed by atoms with E-state index in [2.05, 4.69) is 23.6 Å². The molecule has 1 aromatic carbocycles. The SMILES string of the molecule is CC[C@@H](C)c1nc(N2CCN(CCOc3ccccc3)CC2)c2c3c(sc2n1)CCCCC3. The molecule has 1 atom stereocenters. The Kier molecular flexibility index (Phi) is 7.12. The Morgan fingerprint density at radius 1 is 1.00 bits per heavy atom. The molecule has 1 aliphatic carbocycles. The number of nitrogens with zero attached hydrogens (tertiary/aromatic N) is 4. The van der Waals surface area contributed by atoms with Crippen LogP contribution in [0.5, 0.6) is 5.75 Å². The third kappa shape index (κ3) is 5.02. The van der Waals surface area contributed by atoms with Crippen LogP contribution in [0.3, 0.4) is 0 Å². The van der Waals surface area contributed by atoms with Gasteiger partial charge in [-0.05, 0) is 49.8 Å². The van der Waals surface area contributed by atoms with E-state index in [9.17, 15) is 0 Å². The smallest absolute Gasteiger partial charge is 0.141 e. The van der Waals surface area contributed by atoms with E-state index in [1.165, 1.54) is 48.1 Å². The molecule has 6 heteroatoms. The molecule has 0 amide bonds. The summed E-state index contributed by atoms with van der Waals surface area (Å²) in [4.78, 5) is 18.1. The fraction of sp³-hybridized carbons (Fsp3) is 0.556. The predicted octanol–water partition coefficient (Wildman–Crippen LogP) is 5.67. The molecule has 176 valence electrons. The third-order valence-electron chi connectivity index (χ3n) is 7.21. The summed E-state index contributed by atoms with van der Waals surface area (Å²) in [6, 6.07) is 10.1. The first kappa shape index (κ1) is 22.6. The van der Waals surface area contributed by atoms with E-state index in [-0.39, 0.29) is 0 Å². The molecule has 1 saturated heterocycles. The van der Waals surface area contributed by atoms with E-state index in [4.69, 9.17) is 14.7 Å². The van der Waals surface area contributed by atoms with E-state index >= 15 is 0 Å². The minimum absolute atomic E-state index is 0.395. The highest BCUT2D eigenvalue weighted by Gasteiger charge is 2.26. The van der Waals surface area contributed by atoms with E-state index in [1.54, 1.807) is 10.4 Å². The second-order valence-electron chi connectivity index (χ2n) is 9.45. The Labute approximate surface area is 201 Å². The van der Waals surface area contributed by atoms with Crippen molar-refractivity contribution in [2.24, 2.45) is 0 Å². The zero-order valence-electron chi connectivity index (χ0n) is 20.1. The lowest BCUT2D eigenvalue weighted by Crippen LogP contribution is -2.48. The number of rotatable bonds is 7. The summed E-state index contributed by atoms with van der Waals surface area (Å²) in [5.41, 5.74) is 1.55. The number of ether oxygens (including phenoxy) is 1. The lowest BCUT2D eigenvalue weighted by molar-refractivity contribution is 0.200. The molecule has 0 spiro atoms. The van der Waals surface area contributed by atoms with Gasteiger partial charge in [0, 0.05) is 43.5 Å². The van der Waals surface area contributed by atoms with Crippen LogP contribution < -0.4 is 9.64 Å². The fourth-order valence-corrected chi connectivity index (χ4v) is 6.22. The molecule has 1 aliphatic heterocycles. The predicted molar refractivity (Wildman–Crippen MR) is 138 cm³/mol. The zero-order valence-corrected chi connectivity index (χ0v) is 20.9. The number of aryl methyl sites for hydroxylation is 2. The second-order valence-corrected chi connectivity index (χ2v) is 10.5. The van der Waals surface area contributed by atoms with Crippen molar-refractivity contribution in [2.75, 3.05) is 44.2 Å². The van der Waals surface area contributed by atoms with Crippen LogP contribution in [0.15, 0.2) is 30.3 Å². The summed E-state index contributed by atoms with van der Waals surface area (Å²) in [5.74, 6) is 3.58. The van der Waals surface area contributed by atoms with Gasteiger partial charge in [0.1, 0.15) is 28.8 Å². The minimum Gasteiger partial charge on any atom is -0.492 e. The van der Waals surface area contributed by atoms with Crippen LogP contribution >= 0.6 is 11.3 Å². The molecule has 5 rings (SSSR count). The normalized spacial score (nSPS) is 18.2. The molecular formula is C27H36N4OS. The lowest BCUT2D eigenvalue weighted by Gasteiger charge is -2.36. The van der Waals surface area contributed by atoms with Crippen molar-refractivity contribution in [1.82, 2.24) is 14.9 Å². The zero-order chi connectivity index (χ0) is 22.6. The topological polar surface area (TPSA) is 41.5 Å². The van der Waals surface area contributed by atoms with Crippen LogP contribution in [-0.2, 0) is 12.8 Å². The van der Waals surface area contributed by atoms with Gasteiger partial charge in [-0.2, -0.15) is 0 Å². The maximum Gasteiger partial charge on any atom is 0.141 e. The van der Waals surface area contributed by atoms with Crippen LogP contribution in [0, 0.1) is 0 Å². The molecule has 5 nitrogen and oxygen atoms in total. The van der Waals surface area contributed by atoms with E-state index < -0.39 is 0 Å². The fourth-order valence-electron chi connectivity index (χ4n) is 4.96. The van der Waals surface area contributed by atoms with Crippen molar-refractivity contribution in [3.05, 3.63) is 46.6 Å². The van der Waals surface area contributed by atoms with Gasteiger partial charge in [-0.1, -0.05) is 38.5 Å². The van der Waals surface area contributed by atoms with Gasteiger partial charge in [0.05, 0.1) is 5.39 Å². The van der Waals surface area contributed by atoms with Gasteiger partial charge >= 0.3 is 0 Å². The highest BCUT2D eigenvalue weighted by atomic mass is 32.1. The van der Waals surface area contributed by atoms with Crippen molar-refractivity contribution >= 4 is 27.4 Å². The Hall–Kier alpha value is -2.18. The van der Waals surface area contributed by atoms with Crippen LogP contribution in [0.25, 0.3) is 10.2 Å². The summed E-state index contributed by atoms with van der Waals surface area (Å²) in [5, 5.41) is 1.37. The molecule has 3 heterocycles. The summed E-state index contributed by atoms with van der Waals surface area (Å²) in [6.07, 6.45) is 7.42. The Morgan fingerprint density at radius 3 is 2.58 bits per heavy atom. The van der Waals surface area contributed by atoms with Crippen molar-refractivity contribution in [3.8, 4) is 5.75 Å². The van der Waals surface area contributed by atoms with Crippen molar-refractivity contribution in [2.45, 2.75) is 58.3 Å². The van der Waals surface area contributed by atoms with Gasteiger partial charge < -0.3 is 9.64 Å². The van der Waals surface area contributed by atoms with Gasteiger partial charge in [0.15, 0.2) is 0 Å². The molecule has 0 unspecified atom stereocenters. The molecular weight excluding hydrogens is 428 g/mol. The molecule has 2 aliphatic rings. The van der Waals surface area contributed by atoms with E-state index in [0.29, 0.717) is 5.92 Å². The number of hydrogen-bond acceptors (Lipinski definition) is 6. The van der Waals surface area contributed by atoms with Crippen molar-refractivity contribution in [1.29, 1.82) is 0 Å². The first-order valence-electron chi connectivity index (χ1n) is 12.7. The average molecular weight is 465 g/mol. The van der Waals surface area contributed by atoms with Crippen LogP contribution in [-0.4, -0.2) is 54.2 Å². The molecule has 0 N–H and O–H groups in total. The molecule has 33 heavy (non-hydrogen) atoms. The van der Waals surface area contributed by atoms with Crippen LogP contribution in [0.4, 0.5) is 5.82 Å². The standard InChI is InChI=1S/C27H36N4OS/c1-3-20(2)25-28-26(24-22-12-8-5-9-13-23(22)33-27(24)29-25)31-16-14-30(15-17-31)18-19-32-21-10-6-4-7-11-21/h4,6-7,10-11,20H,3,5,8-9,12-19H2,1-2H3/t20-/m1/s1. The quantitative estimate of drug-likeness (QED) is 0.421. The first-order chi connectivity index (χ1) is 16.2. The van der Waals surface area contributed by atoms with Gasteiger partial charge in [-0.25, -0.2) is 9.97 Å². The summed E-state index contributed by atoms with van der Waals surface area (Å²) in [6.45, 7) is 10.3. The molecule has 0 saturated carbocycles. The minimum atomic E-state index is 0.395. The molecule has 1 fully saturated rings. The van der Waals surface area contributed by atoms with Gasteiger partial charge in [-0.3, -0.25) is 4.90 Å². The van der Waals surface area contributed by atoms with Crippen molar-refractivity contribution in [3.63, 3.8) is 0 Å². The number of thiophene rings is 1. The largest absolute Gasteiger partial charge is 0.492 e. The Bertz CT molecular complexity index is 1060. The molecule has 0 bridgehead atoms. The van der Waals surface area contributed by atoms with E-state index in [1.807, 2.05) is 41.7 Å². The molecule has 0 radical (unpaired) electrons. The number of fused-ring (bicyclic) bond motifs is 3. The van der Waals surface area contributed by atoms with Gasteiger partial charge in [0.2, 0.25) is 0 Å². The number of para-hydroxylation sites is 1. The molecule has 2 aromatic heterocycles. The monoisotopic (exact) mass is 464 g/mol. The van der Waals surface area contributed by atoms with Gasteiger partial charge in [-0.15, -0.1) is 11.3 Å². The number of piperazine rings is 1. The maximum atomic E-state index is 5.92. The number of benzene rings is 1. The number of hydrogen-bond donors (Lipinski definition) is 0. The maximum absolute atomic E-state index is 5.92. The Morgan fingerprint density at radius 2 is 1.79 bits per heavy atom. The second kappa shape index (κ2) is 10.4. The third-order valence-corrected chi connectivity index (χ3v) is 8.39. The summed E-state index contributed by atoms with van der Waals surface area (Å²) >= 11 is 1.94. The van der Waals surface area contributed by atoms with Crippen LogP contribution in [0.2, 0.25) is 0 Å². The van der Waals surface area contributed by atoms with Crippen LogP contribution in [0.1, 0.15) is 61.7 Å². The summed E-state index contributed by atoms with van der Waals surface area (Å²) < 4.78 is 5.92. The Balaban J connectivity index is 1.33. The average Bonchev–Trinajstić information content (AvgIpc) is 3.05. The first-order valence-corrected chi connectivity index (χ1v) is 13.5. The van der Waals surface area contributed by atoms with E-state index in [0.717, 1.165) is 57.3 Å². The number of anilines is 1. The van der Waals surface area contributed by atoms with Gasteiger partial charge in [0.25, 0.3) is 0 Å².